The fraction of sp³-hybridized carbons (Fsp3) is 0.375. The van der Waals surface area contributed by atoms with E-state index in [-0.39, 0.29) is 6.04 Å². The molecule has 1 atom stereocenters. The fourth-order valence-electron chi connectivity index (χ4n) is 2.73. The third-order valence-corrected chi connectivity index (χ3v) is 5.63. The third-order valence-electron chi connectivity index (χ3n) is 3.82. The highest BCUT2D eigenvalue weighted by atomic mass is 79.9. The third kappa shape index (κ3) is 3.16. The number of hydrazine groups is 1. The molecule has 0 aliphatic carbocycles. The zero-order chi connectivity index (χ0) is 14.8. The van der Waals surface area contributed by atoms with Crippen molar-refractivity contribution in [2.45, 2.75) is 32.2 Å². The van der Waals surface area contributed by atoms with Crippen LogP contribution in [0, 0.1) is 0 Å². The van der Waals surface area contributed by atoms with Gasteiger partial charge < -0.3 is 4.74 Å². The van der Waals surface area contributed by atoms with Crippen molar-refractivity contribution in [3.05, 3.63) is 49.6 Å². The van der Waals surface area contributed by atoms with Gasteiger partial charge in [0.15, 0.2) is 0 Å². The fourth-order valence-corrected chi connectivity index (χ4v) is 4.30. The van der Waals surface area contributed by atoms with Gasteiger partial charge in [0.25, 0.3) is 0 Å². The monoisotopic (exact) mass is 366 g/mol. The van der Waals surface area contributed by atoms with Crippen LogP contribution >= 0.6 is 27.3 Å². The molecule has 0 spiro atoms. The number of nitrogens with one attached hydrogen (secondary N) is 1. The van der Waals surface area contributed by atoms with Gasteiger partial charge in [0.1, 0.15) is 5.75 Å². The Morgan fingerprint density at radius 2 is 2.29 bits per heavy atom. The van der Waals surface area contributed by atoms with E-state index in [1.165, 1.54) is 20.9 Å². The van der Waals surface area contributed by atoms with Crippen LogP contribution in [0.25, 0.3) is 0 Å². The smallest absolute Gasteiger partial charge is 0.125 e. The molecule has 1 aliphatic heterocycles. The number of rotatable bonds is 5. The predicted octanol–water partition coefficient (Wildman–Crippen LogP) is 3.76. The summed E-state index contributed by atoms with van der Waals surface area (Å²) in [5.41, 5.74) is 5.46. The van der Waals surface area contributed by atoms with Crippen LogP contribution in [0.4, 0.5) is 0 Å². The maximum absolute atomic E-state index is 5.81. The van der Waals surface area contributed by atoms with Gasteiger partial charge in [-0.2, -0.15) is 0 Å². The number of ether oxygens (including phenoxy) is 1. The lowest BCUT2D eigenvalue weighted by molar-refractivity contribution is 0.351. The van der Waals surface area contributed by atoms with Crippen molar-refractivity contribution in [1.29, 1.82) is 0 Å². The van der Waals surface area contributed by atoms with Gasteiger partial charge in [0, 0.05) is 20.6 Å². The summed E-state index contributed by atoms with van der Waals surface area (Å²) >= 11 is 5.42. The quantitative estimate of drug-likeness (QED) is 0.625. The summed E-state index contributed by atoms with van der Waals surface area (Å²) in [5.74, 6) is 6.84. The number of nitrogens with two attached hydrogens (primary N) is 1. The Labute approximate surface area is 137 Å². The second-order valence-corrected chi connectivity index (χ2v) is 7.35. The number of hydrogen-bond donors (Lipinski definition) is 2. The zero-order valence-corrected chi connectivity index (χ0v) is 14.4. The van der Waals surface area contributed by atoms with Gasteiger partial charge >= 0.3 is 0 Å². The van der Waals surface area contributed by atoms with E-state index in [0.29, 0.717) is 0 Å². The molecule has 1 aromatic carbocycles. The highest BCUT2D eigenvalue weighted by Crippen LogP contribution is 2.36. The van der Waals surface area contributed by atoms with Crippen molar-refractivity contribution in [2.75, 3.05) is 6.61 Å². The molecule has 3 N–H and O–H groups in total. The topological polar surface area (TPSA) is 47.3 Å². The van der Waals surface area contributed by atoms with Gasteiger partial charge in [0.2, 0.25) is 0 Å². The molecule has 0 amide bonds. The molecule has 5 heteroatoms. The van der Waals surface area contributed by atoms with Crippen molar-refractivity contribution in [3.63, 3.8) is 0 Å². The minimum atomic E-state index is 0.123. The minimum Gasteiger partial charge on any atom is -0.493 e. The van der Waals surface area contributed by atoms with E-state index in [0.717, 1.165) is 36.1 Å². The molecule has 0 saturated heterocycles. The number of hydrogen-bond acceptors (Lipinski definition) is 4. The largest absolute Gasteiger partial charge is 0.493 e. The normalized spacial score (nSPS) is 14.8. The number of fused-ring (bicyclic) bond motifs is 1. The Hall–Kier alpha value is -0.880. The molecule has 112 valence electrons. The molecule has 0 bridgehead atoms. The van der Waals surface area contributed by atoms with Crippen LogP contribution < -0.4 is 16.0 Å². The summed E-state index contributed by atoms with van der Waals surface area (Å²) in [6, 6.07) is 8.77. The molecule has 3 nitrogen and oxygen atoms in total. The lowest BCUT2D eigenvalue weighted by Crippen LogP contribution is -2.29. The van der Waals surface area contributed by atoms with E-state index in [2.05, 4.69) is 52.5 Å². The first-order chi connectivity index (χ1) is 10.2. The molecule has 0 radical (unpaired) electrons. The second-order valence-electron chi connectivity index (χ2n) is 5.23. The summed E-state index contributed by atoms with van der Waals surface area (Å²) in [6.45, 7) is 2.95. The van der Waals surface area contributed by atoms with E-state index in [1.807, 2.05) is 11.3 Å². The molecule has 21 heavy (non-hydrogen) atoms. The molecule has 3 rings (SSSR count). The van der Waals surface area contributed by atoms with Gasteiger partial charge in [-0.05, 0) is 48.2 Å². The molecule has 1 unspecified atom stereocenters. The SMILES string of the molecule is CCc1ccc(C(Cc2cc(Br)cc3c2OCC3)NN)s1. The lowest BCUT2D eigenvalue weighted by atomic mass is 10.0. The van der Waals surface area contributed by atoms with Crippen LogP contribution in [0.1, 0.15) is 33.8 Å². The molecule has 0 fully saturated rings. The molecular weight excluding hydrogens is 348 g/mol. The molecule has 2 aromatic rings. The average molecular weight is 367 g/mol. The van der Waals surface area contributed by atoms with Crippen molar-refractivity contribution in [3.8, 4) is 5.75 Å². The number of thiophene rings is 1. The molecule has 1 aliphatic rings. The van der Waals surface area contributed by atoms with Crippen LogP contribution in [-0.2, 0) is 19.3 Å². The average Bonchev–Trinajstić information content (AvgIpc) is 3.12. The second kappa shape index (κ2) is 6.48. The van der Waals surface area contributed by atoms with Crippen molar-refractivity contribution in [1.82, 2.24) is 5.43 Å². The van der Waals surface area contributed by atoms with E-state index >= 15 is 0 Å². The number of benzene rings is 1. The summed E-state index contributed by atoms with van der Waals surface area (Å²) in [7, 11) is 0. The standard InChI is InChI=1S/C16H19BrN2OS/c1-2-13-3-4-15(21-13)14(19-18)9-11-8-12(17)7-10-5-6-20-16(10)11/h3-4,7-8,14,19H,2,5-6,9,18H2,1H3. The lowest BCUT2D eigenvalue weighted by Gasteiger charge is -2.16. The summed E-state index contributed by atoms with van der Waals surface area (Å²) in [6.07, 6.45) is 2.89. The van der Waals surface area contributed by atoms with Crippen molar-refractivity contribution >= 4 is 27.3 Å². The Morgan fingerprint density at radius 1 is 1.43 bits per heavy atom. The van der Waals surface area contributed by atoms with Crippen LogP contribution in [0.3, 0.4) is 0 Å². The predicted molar refractivity (Wildman–Crippen MR) is 90.8 cm³/mol. The van der Waals surface area contributed by atoms with E-state index in [1.54, 1.807) is 0 Å². The maximum atomic E-state index is 5.81. The molecule has 2 heterocycles. The highest BCUT2D eigenvalue weighted by molar-refractivity contribution is 9.10. The van der Waals surface area contributed by atoms with E-state index in [4.69, 9.17) is 10.6 Å². The molecule has 0 saturated carbocycles. The van der Waals surface area contributed by atoms with Gasteiger partial charge in [-0.3, -0.25) is 11.3 Å². The number of aryl methyl sites for hydroxylation is 1. The van der Waals surface area contributed by atoms with Crippen molar-refractivity contribution < 1.29 is 4.74 Å². The Bertz CT molecular complexity index is 641. The summed E-state index contributed by atoms with van der Waals surface area (Å²) < 4.78 is 6.92. The van der Waals surface area contributed by atoms with Crippen LogP contribution in [0.2, 0.25) is 0 Å². The molecular formula is C16H19BrN2OS. The van der Waals surface area contributed by atoms with Crippen LogP contribution in [0.5, 0.6) is 5.75 Å². The number of halogens is 1. The zero-order valence-electron chi connectivity index (χ0n) is 12.0. The van der Waals surface area contributed by atoms with Gasteiger partial charge in [0.05, 0.1) is 12.6 Å². The first kappa shape index (κ1) is 15.0. The Balaban J connectivity index is 1.87. The maximum Gasteiger partial charge on any atom is 0.125 e. The first-order valence-corrected chi connectivity index (χ1v) is 8.81. The molecule has 1 aromatic heterocycles. The van der Waals surface area contributed by atoms with Crippen LogP contribution in [0.15, 0.2) is 28.7 Å². The first-order valence-electron chi connectivity index (χ1n) is 7.20. The van der Waals surface area contributed by atoms with E-state index < -0.39 is 0 Å². The van der Waals surface area contributed by atoms with Crippen molar-refractivity contribution in [2.24, 2.45) is 5.84 Å². The van der Waals surface area contributed by atoms with E-state index in [9.17, 15) is 0 Å². The van der Waals surface area contributed by atoms with Gasteiger partial charge in [-0.1, -0.05) is 22.9 Å². The van der Waals surface area contributed by atoms with Gasteiger partial charge in [-0.25, -0.2) is 0 Å². The summed E-state index contributed by atoms with van der Waals surface area (Å²) in [4.78, 5) is 2.67. The van der Waals surface area contributed by atoms with Crippen LogP contribution in [-0.4, -0.2) is 6.61 Å². The van der Waals surface area contributed by atoms with Gasteiger partial charge in [-0.15, -0.1) is 11.3 Å². The summed E-state index contributed by atoms with van der Waals surface area (Å²) in [5, 5.41) is 0. The minimum absolute atomic E-state index is 0.123. The Kier molecular flexibility index (Phi) is 4.64. The highest BCUT2D eigenvalue weighted by Gasteiger charge is 2.21. The Morgan fingerprint density at radius 3 is 3.00 bits per heavy atom.